The lowest BCUT2D eigenvalue weighted by Gasteiger charge is -2.12. The van der Waals surface area contributed by atoms with E-state index in [1.54, 1.807) is 12.1 Å². The summed E-state index contributed by atoms with van der Waals surface area (Å²) in [5.41, 5.74) is -0.258. The van der Waals surface area contributed by atoms with Gasteiger partial charge in [0.1, 0.15) is 0 Å². The highest BCUT2D eigenvalue weighted by molar-refractivity contribution is 6.30. The van der Waals surface area contributed by atoms with E-state index in [1.807, 2.05) is 0 Å². The minimum atomic E-state index is -4.38. The van der Waals surface area contributed by atoms with E-state index >= 15 is 0 Å². The number of alkyl halides is 3. The molecule has 0 unspecified atom stereocenters. The zero-order valence-electron chi connectivity index (χ0n) is 8.55. The molecule has 0 saturated carbocycles. The van der Waals surface area contributed by atoms with E-state index in [2.05, 4.69) is 6.07 Å². The van der Waals surface area contributed by atoms with Crippen LogP contribution in [-0.2, 0) is 6.18 Å². The van der Waals surface area contributed by atoms with Crippen LogP contribution < -0.4 is 0 Å². The predicted molar refractivity (Wildman–Crippen MR) is 60.7 cm³/mol. The lowest BCUT2D eigenvalue weighted by Crippen LogP contribution is -2.06. The Morgan fingerprint density at radius 3 is 2.41 bits per heavy atom. The van der Waals surface area contributed by atoms with Crippen molar-refractivity contribution in [3.05, 3.63) is 59.1 Å². The lowest BCUT2D eigenvalue weighted by atomic mass is 9.99. The second-order valence-corrected chi connectivity index (χ2v) is 3.90. The Morgan fingerprint density at radius 2 is 1.76 bits per heavy atom. The maximum absolute atomic E-state index is 12.8. The number of halogens is 4. The van der Waals surface area contributed by atoms with Crippen molar-refractivity contribution >= 4 is 11.6 Å². The summed E-state index contributed by atoms with van der Waals surface area (Å²) in [5.74, 6) is 0. The number of rotatable bonds is 1. The molecule has 0 atom stereocenters. The van der Waals surface area contributed by atoms with Crippen LogP contribution in [0.25, 0.3) is 11.1 Å². The molecule has 0 aliphatic carbocycles. The van der Waals surface area contributed by atoms with Crippen molar-refractivity contribution in [3.8, 4) is 11.1 Å². The molecule has 0 bridgehead atoms. The minimum Gasteiger partial charge on any atom is -0.166 e. The fourth-order valence-electron chi connectivity index (χ4n) is 1.56. The van der Waals surface area contributed by atoms with Crippen LogP contribution in [0.5, 0.6) is 0 Å². The molecule has 2 aromatic carbocycles. The van der Waals surface area contributed by atoms with Gasteiger partial charge in [-0.05, 0) is 35.4 Å². The van der Waals surface area contributed by atoms with Crippen molar-refractivity contribution in [2.75, 3.05) is 0 Å². The van der Waals surface area contributed by atoms with Crippen molar-refractivity contribution in [1.29, 1.82) is 0 Å². The molecule has 0 heterocycles. The highest BCUT2D eigenvalue weighted by atomic mass is 35.5. The molecule has 0 nitrogen and oxygen atoms in total. The molecule has 17 heavy (non-hydrogen) atoms. The third kappa shape index (κ3) is 2.61. The molecule has 2 aromatic rings. The van der Waals surface area contributed by atoms with Gasteiger partial charge in [-0.25, -0.2) is 0 Å². The van der Waals surface area contributed by atoms with E-state index in [9.17, 15) is 13.2 Å². The van der Waals surface area contributed by atoms with Crippen molar-refractivity contribution in [1.82, 2.24) is 0 Å². The van der Waals surface area contributed by atoms with Gasteiger partial charge < -0.3 is 0 Å². The molecule has 0 saturated heterocycles. The first-order valence-corrected chi connectivity index (χ1v) is 5.20. The van der Waals surface area contributed by atoms with Crippen LogP contribution in [0.2, 0.25) is 5.02 Å². The van der Waals surface area contributed by atoms with Gasteiger partial charge in [0.2, 0.25) is 0 Å². The van der Waals surface area contributed by atoms with Crippen LogP contribution in [0.15, 0.2) is 42.5 Å². The molecule has 0 aliphatic heterocycles. The molecule has 87 valence electrons. The van der Waals surface area contributed by atoms with Crippen LogP contribution in [-0.4, -0.2) is 0 Å². The summed E-state index contributed by atoms with van der Waals surface area (Å²) in [6, 6.07) is 12.7. The molecule has 0 N–H and O–H groups in total. The average Bonchev–Trinajstić information content (AvgIpc) is 2.28. The highest BCUT2D eigenvalue weighted by Crippen LogP contribution is 2.37. The Bertz CT molecular complexity index is 532. The fourth-order valence-corrected chi connectivity index (χ4v) is 1.73. The average molecular weight is 256 g/mol. The zero-order valence-corrected chi connectivity index (χ0v) is 9.31. The monoisotopic (exact) mass is 255 g/mol. The SMILES string of the molecule is FC(F)(F)c1ccccc1-c1[c]ccc(Cl)c1. The lowest BCUT2D eigenvalue weighted by molar-refractivity contribution is -0.137. The summed E-state index contributed by atoms with van der Waals surface area (Å²) in [5, 5.41) is 0.385. The van der Waals surface area contributed by atoms with Gasteiger partial charge in [0.05, 0.1) is 5.56 Å². The number of benzene rings is 2. The number of hydrogen-bond donors (Lipinski definition) is 0. The predicted octanol–water partition coefficient (Wildman–Crippen LogP) is 4.83. The Balaban J connectivity index is 2.60. The van der Waals surface area contributed by atoms with E-state index < -0.39 is 11.7 Å². The van der Waals surface area contributed by atoms with Gasteiger partial charge in [-0.1, -0.05) is 35.9 Å². The second-order valence-electron chi connectivity index (χ2n) is 3.46. The third-order valence-electron chi connectivity index (χ3n) is 2.29. The first kappa shape index (κ1) is 12.0. The van der Waals surface area contributed by atoms with Crippen LogP contribution in [0.3, 0.4) is 0 Å². The van der Waals surface area contributed by atoms with Crippen LogP contribution >= 0.6 is 11.6 Å². The molecule has 2 rings (SSSR count). The molecular formula is C13H7ClF3. The van der Waals surface area contributed by atoms with Crippen molar-refractivity contribution in [2.24, 2.45) is 0 Å². The molecule has 0 spiro atoms. The van der Waals surface area contributed by atoms with E-state index in [0.29, 0.717) is 10.6 Å². The maximum Gasteiger partial charge on any atom is 0.417 e. The Hall–Kier alpha value is -1.48. The molecule has 0 fully saturated rings. The molecule has 1 radical (unpaired) electrons. The molecule has 0 amide bonds. The molecule has 4 heteroatoms. The van der Waals surface area contributed by atoms with E-state index in [0.717, 1.165) is 6.07 Å². The first-order valence-electron chi connectivity index (χ1n) is 4.82. The quantitative estimate of drug-likeness (QED) is 0.685. The Labute approximate surface area is 102 Å². The summed E-state index contributed by atoms with van der Waals surface area (Å²) in [6.07, 6.45) is -4.38. The first-order chi connectivity index (χ1) is 7.98. The van der Waals surface area contributed by atoms with Gasteiger partial charge >= 0.3 is 6.18 Å². The van der Waals surface area contributed by atoms with Crippen LogP contribution in [0, 0.1) is 6.07 Å². The molecule has 0 aliphatic rings. The minimum absolute atomic E-state index is 0.0856. The highest BCUT2D eigenvalue weighted by Gasteiger charge is 2.33. The van der Waals surface area contributed by atoms with Crippen LogP contribution in [0.1, 0.15) is 5.56 Å². The normalized spacial score (nSPS) is 11.5. The maximum atomic E-state index is 12.8. The third-order valence-corrected chi connectivity index (χ3v) is 2.52. The van der Waals surface area contributed by atoms with Gasteiger partial charge in [0.15, 0.2) is 0 Å². The Kier molecular flexibility index (Phi) is 3.11. The standard InChI is InChI=1S/C13H7ClF3/c14-10-5-3-4-9(8-10)11-6-1-2-7-12(11)13(15,16)17/h1-3,5-8H. The van der Waals surface area contributed by atoms with Crippen molar-refractivity contribution < 1.29 is 13.2 Å². The fraction of sp³-hybridized carbons (Fsp3) is 0.0769. The zero-order chi connectivity index (χ0) is 12.5. The second kappa shape index (κ2) is 4.41. The van der Waals surface area contributed by atoms with Crippen molar-refractivity contribution in [3.63, 3.8) is 0 Å². The van der Waals surface area contributed by atoms with Gasteiger partial charge in [0.25, 0.3) is 0 Å². The number of hydrogen-bond acceptors (Lipinski definition) is 0. The van der Waals surface area contributed by atoms with Crippen molar-refractivity contribution in [2.45, 2.75) is 6.18 Å². The Morgan fingerprint density at radius 1 is 1.06 bits per heavy atom. The summed E-state index contributed by atoms with van der Waals surface area (Å²) >= 11 is 5.76. The van der Waals surface area contributed by atoms with E-state index in [-0.39, 0.29) is 5.56 Å². The van der Waals surface area contributed by atoms with E-state index in [4.69, 9.17) is 11.6 Å². The summed E-state index contributed by atoms with van der Waals surface area (Å²) in [7, 11) is 0. The molecular weight excluding hydrogens is 249 g/mol. The van der Waals surface area contributed by atoms with Gasteiger partial charge in [-0.2, -0.15) is 13.2 Å². The topological polar surface area (TPSA) is 0 Å². The van der Waals surface area contributed by atoms with Gasteiger partial charge in [0, 0.05) is 5.02 Å². The molecule has 0 aromatic heterocycles. The summed E-state index contributed by atoms with van der Waals surface area (Å²) in [6.45, 7) is 0. The van der Waals surface area contributed by atoms with Gasteiger partial charge in [-0.15, -0.1) is 0 Å². The largest absolute Gasteiger partial charge is 0.417 e. The summed E-state index contributed by atoms with van der Waals surface area (Å²) in [4.78, 5) is 0. The summed E-state index contributed by atoms with van der Waals surface area (Å²) < 4.78 is 38.4. The van der Waals surface area contributed by atoms with Gasteiger partial charge in [-0.3, -0.25) is 0 Å². The van der Waals surface area contributed by atoms with Crippen LogP contribution in [0.4, 0.5) is 13.2 Å². The smallest absolute Gasteiger partial charge is 0.166 e. The van der Waals surface area contributed by atoms with E-state index in [1.165, 1.54) is 24.3 Å².